The molecule has 108 valence electrons. The zero-order chi connectivity index (χ0) is 0. The van der Waals surface area contributed by atoms with Gasteiger partial charge in [-0.05, 0) is 0 Å². The Bertz CT molecular complexity index is 20.5. The maximum absolute atomic E-state index is 0. The van der Waals surface area contributed by atoms with Crippen LogP contribution < -0.4 is 51.7 Å². The van der Waals surface area contributed by atoms with E-state index in [-0.39, 0.29) is 208 Å². The minimum Gasteiger partial charge on any atom is -1.00 e. The first-order valence-corrected chi connectivity index (χ1v) is 0. The van der Waals surface area contributed by atoms with Crippen molar-refractivity contribution in [3.05, 3.63) is 0 Å². The Labute approximate surface area is 203 Å². The summed E-state index contributed by atoms with van der Waals surface area (Å²) in [5.74, 6) is 0. The van der Waals surface area contributed by atoms with Crippen molar-refractivity contribution in [1.29, 1.82) is 0 Å². The van der Waals surface area contributed by atoms with Gasteiger partial charge in [-0.15, -0.1) is 0 Å². The van der Waals surface area contributed by atoms with Gasteiger partial charge in [-0.1, -0.05) is 0 Å². The summed E-state index contributed by atoms with van der Waals surface area (Å²) >= 11 is 0. The third-order valence-electron chi connectivity index (χ3n) is 0. The Morgan fingerprint density at radius 3 is 0.333 bits per heavy atom. The van der Waals surface area contributed by atoms with E-state index in [1.807, 2.05) is 0 Å². The van der Waals surface area contributed by atoms with Crippen LogP contribution in [0.1, 0.15) is 0 Å². The fourth-order valence-corrected chi connectivity index (χ4v) is 0. The Hall–Kier alpha value is 4.40. The molecule has 0 bridgehead atoms. The second-order valence-electron chi connectivity index (χ2n) is 0. The summed E-state index contributed by atoms with van der Waals surface area (Å²) in [5.41, 5.74) is 0. The third kappa shape index (κ3) is 256. The van der Waals surface area contributed by atoms with E-state index in [1.165, 1.54) is 0 Å². The minimum absolute atomic E-state index is 0. The largest absolute Gasteiger partial charge is 3.00 e. The van der Waals surface area contributed by atoms with E-state index >= 15 is 0 Å². The first-order chi connectivity index (χ1) is 0. The molecule has 0 saturated heterocycles. The van der Waals surface area contributed by atoms with Crippen LogP contribution in [-0.2, 0) is 32.7 Å². The molecule has 0 aliphatic rings. The van der Waals surface area contributed by atoms with Crippen molar-refractivity contribution in [2.24, 2.45) is 0 Å². The van der Waals surface area contributed by atoms with Gasteiger partial charge in [0.05, 0.1) is 0 Å². The summed E-state index contributed by atoms with van der Waals surface area (Å²) in [7, 11) is 0. The second-order valence-corrected chi connectivity index (χ2v) is 0. The Morgan fingerprint density at radius 1 is 0.333 bits per heavy atom. The zero-order valence-corrected chi connectivity index (χ0v) is 16.9. The van der Waals surface area contributed by atoms with Crippen LogP contribution in [0.4, 0.5) is 0 Å². The molecule has 0 saturated carbocycles. The van der Waals surface area contributed by atoms with E-state index in [9.17, 15) is 0 Å². The van der Waals surface area contributed by atoms with Crippen LogP contribution in [0.2, 0.25) is 0 Å². The maximum Gasteiger partial charge on any atom is 3.00 e. The average molecular weight is 775 g/mol. The summed E-state index contributed by atoms with van der Waals surface area (Å²) in [6.07, 6.45) is 0. The molecule has 0 N–H and O–H groups in total. The number of halogens is 11. The number of hydrogen-bond donors (Lipinski definition) is 0. The van der Waals surface area contributed by atoms with E-state index in [2.05, 4.69) is 0 Å². The van der Waals surface area contributed by atoms with Crippen molar-refractivity contribution in [2.75, 3.05) is 0 Å². The van der Waals surface area contributed by atoms with Crippen LogP contribution in [0.25, 0.3) is 0 Å². The van der Waals surface area contributed by atoms with Crippen molar-refractivity contribution < 1.29 is 159 Å². The second kappa shape index (κ2) is 288. The Morgan fingerprint density at radius 2 is 0.333 bits per heavy atom. The van der Waals surface area contributed by atoms with Gasteiger partial charge in [-0.25, -0.2) is 0 Å². The van der Waals surface area contributed by atoms with Gasteiger partial charge in [0.25, 0.3) is 0 Å². The quantitative estimate of drug-likeness (QED) is 0.170. The summed E-state index contributed by atoms with van der Waals surface area (Å²) < 4.78 is 0. The molecule has 0 unspecified atom stereocenters. The first kappa shape index (κ1) is 339. The van der Waals surface area contributed by atoms with E-state index in [0.717, 1.165) is 0 Å². The fourth-order valence-electron chi connectivity index (χ4n) is 0. The first-order valence-electron chi connectivity index (χ1n) is 0. The number of hydrogen-bond acceptors (Lipinski definition) is 0. The molecule has 0 atom stereocenters. The van der Waals surface area contributed by atoms with Crippen LogP contribution in [0, 0.1) is 74.6 Å². The molecule has 0 spiro atoms. The average Bonchev–Trinajstić information content (AvgIpc) is 0. The van der Waals surface area contributed by atoms with Gasteiger partial charge in [-0.2, -0.15) is 0 Å². The van der Waals surface area contributed by atoms with Gasteiger partial charge in [0, 0.05) is 0 Å². The van der Waals surface area contributed by atoms with Crippen LogP contribution in [0.3, 0.4) is 0 Å². The summed E-state index contributed by atoms with van der Waals surface area (Å²) in [4.78, 5) is 0. The van der Waals surface area contributed by atoms with Crippen molar-refractivity contribution in [3.63, 3.8) is 0 Å². The van der Waals surface area contributed by atoms with E-state index in [0.29, 0.717) is 0 Å². The normalized spacial score (nSPS) is 0. The predicted octanol–water partition coefficient (Wildman–Crippen LogP) is -33.3. The van der Waals surface area contributed by atoms with Crippen LogP contribution in [0.15, 0.2) is 0 Å². The monoisotopic (exact) mass is 776 g/mol. The molecule has 0 rings (SSSR count). The van der Waals surface area contributed by atoms with Crippen LogP contribution >= 0.6 is 0 Å². The van der Waals surface area contributed by atoms with Crippen LogP contribution in [-0.4, -0.2) is 48.9 Å². The van der Waals surface area contributed by atoms with Crippen LogP contribution in [0.5, 0.6) is 0 Å². The summed E-state index contributed by atoms with van der Waals surface area (Å²) in [6, 6.07) is 0. The van der Waals surface area contributed by atoms with E-state index in [1.54, 1.807) is 0 Å². The minimum atomic E-state index is 0. The van der Waals surface area contributed by atoms with Gasteiger partial charge in [-0.3, -0.25) is 0 Å². The molecule has 0 aromatic heterocycles. The van der Waals surface area contributed by atoms with Gasteiger partial charge in [0.15, 0.2) is 0 Å². The molecule has 0 heterocycles. The SMILES string of the molecule is [Ba+2].[F-].[F-].[F-].[F-].[F-].[F-].[F-].[F-].[F-].[F-].[F-].[Ho+3].[Lu+3].[Y+3]. The third-order valence-corrected chi connectivity index (χ3v) is 0. The van der Waals surface area contributed by atoms with Gasteiger partial charge < -0.3 is 51.7 Å². The molecule has 0 nitrogen and oxygen atoms in total. The topological polar surface area (TPSA) is 0 Å². The molecular formula is BaF11HoLuY. The molecule has 15 heavy (non-hydrogen) atoms. The van der Waals surface area contributed by atoms with Gasteiger partial charge >= 0.3 is 156 Å². The molecule has 15 heteroatoms. The molecular weight excluding hydrogens is 775 g/mol. The summed E-state index contributed by atoms with van der Waals surface area (Å²) in [6.45, 7) is 0. The van der Waals surface area contributed by atoms with Gasteiger partial charge in [0.1, 0.15) is 0 Å². The smallest absolute Gasteiger partial charge is 1.00 e. The zero-order valence-electron chi connectivity index (χ0n) is 6.00. The Balaban J connectivity index is 0. The van der Waals surface area contributed by atoms with Gasteiger partial charge in [0.2, 0.25) is 0 Å². The molecule has 0 aromatic carbocycles. The molecule has 0 aliphatic carbocycles. The molecule has 0 radical (unpaired) electrons. The van der Waals surface area contributed by atoms with Crippen molar-refractivity contribution in [3.8, 4) is 0 Å². The van der Waals surface area contributed by atoms with Crippen molar-refractivity contribution >= 4 is 48.9 Å². The number of rotatable bonds is 0. The summed E-state index contributed by atoms with van der Waals surface area (Å²) in [5, 5.41) is 0. The fraction of sp³-hybridized carbons (Fsp3) is 0. The maximum atomic E-state index is 0. The molecule has 0 aromatic rings. The van der Waals surface area contributed by atoms with Crippen molar-refractivity contribution in [2.45, 2.75) is 0 Å². The standard InChI is InChI=1S/Ba.11FH.Ho.Lu.Y/h;11*1H;;;/q+2;;;;;;;;;;;;3*+3/p-11. The van der Waals surface area contributed by atoms with E-state index in [4.69, 9.17) is 0 Å². The molecule has 0 aliphatic heterocycles. The molecule has 0 fully saturated rings. The predicted molar refractivity (Wildman–Crippen MR) is 5.75 cm³/mol. The Kier molecular flexibility index (Phi) is 6510. The van der Waals surface area contributed by atoms with Crippen molar-refractivity contribution in [1.82, 2.24) is 0 Å². The molecule has 0 amide bonds. The van der Waals surface area contributed by atoms with E-state index < -0.39 is 0 Å².